The second-order valence-electron chi connectivity index (χ2n) is 6.91. The highest BCUT2D eigenvalue weighted by atomic mass is 19.1. The van der Waals surface area contributed by atoms with Crippen LogP contribution >= 0.6 is 0 Å². The van der Waals surface area contributed by atoms with Gasteiger partial charge >= 0.3 is 0 Å². The van der Waals surface area contributed by atoms with Crippen molar-refractivity contribution in [1.82, 2.24) is 15.2 Å². The minimum absolute atomic E-state index is 0.109. The predicted octanol–water partition coefficient (Wildman–Crippen LogP) is 2.66. The Morgan fingerprint density at radius 2 is 1.85 bits per heavy atom. The van der Waals surface area contributed by atoms with E-state index in [1.807, 2.05) is 30.3 Å². The van der Waals surface area contributed by atoms with Crippen molar-refractivity contribution in [3.63, 3.8) is 0 Å². The number of carbonyl (C=O) groups excluding carboxylic acids is 2. The van der Waals surface area contributed by atoms with Gasteiger partial charge in [-0.15, -0.1) is 0 Å². The third kappa shape index (κ3) is 5.12. The highest BCUT2D eigenvalue weighted by Crippen LogP contribution is 2.26. The third-order valence-electron chi connectivity index (χ3n) is 4.87. The van der Waals surface area contributed by atoms with Gasteiger partial charge in [-0.1, -0.05) is 30.3 Å². The van der Waals surface area contributed by atoms with Crippen LogP contribution in [0.15, 0.2) is 54.9 Å². The van der Waals surface area contributed by atoms with E-state index in [4.69, 9.17) is 0 Å². The Labute approximate surface area is 158 Å². The molecule has 5 nitrogen and oxygen atoms in total. The molecule has 1 aromatic carbocycles. The monoisotopic (exact) mass is 369 g/mol. The van der Waals surface area contributed by atoms with Crippen LogP contribution in [0.5, 0.6) is 0 Å². The van der Waals surface area contributed by atoms with E-state index >= 15 is 4.39 Å². The Morgan fingerprint density at radius 3 is 2.59 bits per heavy atom. The van der Waals surface area contributed by atoms with Crippen LogP contribution in [0.4, 0.5) is 4.39 Å². The number of hydrogen-bond donors (Lipinski definition) is 1. The zero-order valence-electron chi connectivity index (χ0n) is 15.2. The van der Waals surface area contributed by atoms with Gasteiger partial charge in [-0.3, -0.25) is 14.6 Å². The second-order valence-corrected chi connectivity index (χ2v) is 6.91. The van der Waals surface area contributed by atoms with E-state index in [1.165, 1.54) is 4.90 Å². The summed E-state index contributed by atoms with van der Waals surface area (Å²) in [5.41, 5.74) is -0.105. The molecule has 1 unspecified atom stereocenters. The highest BCUT2D eigenvalue weighted by Gasteiger charge is 2.43. The fourth-order valence-electron chi connectivity index (χ4n) is 3.30. The maximum Gasteiger partial charge on any atom is 0.259 e. The van der Waals surface area contributed by atoms with E-state index in [0.29, 0.717) is 25.8 Å². The van der Waals surface area contributed by atoms with E-state index in [2.05, 4.69) is 10.3 Å². The van der Waals surface area contributed by atoms with Crippen LogP contribution in [0.25, 0.3) is 0 Å². The smallest absolute Gasteiger partial charge is 0.259 e. The number of carbonyl (C=O) groups is 2. The van der Waals surface area contributed by atoms with Crippen LogP contribution in [0.3, 0.4) is 0 Å². The van der Waals surface area contributed by atoms with Gasteiger partial charge in [0.25, 0.3) is 5.91 Å². The molecule has 3 rings (SSSR count). The fourth-order valence-corrected chi connectivity index (χ4v) is 3.30. The zero-order valence-corrected chi connectivity index (χ0v) is 15.2. The van der Waals surface area contributed by atoms with Gasteiger partial charge in [-0.25, -0.2) is 4.39 Å². The molecule has 1 N–H and O–H groups in total. The number of pyridine rings is 1. The van der Waals surface area contributed by atoms with Gasteiger partial charge in [0.1, 0.15) is 0 Å². The molecule has 1 aliphatic rings. The van der Waals surface area contributed by atoms with E-state index in [-0.39, 0.29) is 25.4 Å². The average molecular weight is 369 g/mol. The minimum atomic E-state index is -2.03. The number of piperidine rings is 1. The van der Waals surface area contributed by atoms with Gasteiger partial charge in [-0.2, -0.15) is 0 Å². The lowest BCUT2D eigenvalue weighted by molar-refractivity contribution is -0.143. The van der Waals surface area contributed by atoms with Crippen LogP contribution in [-0.2, 0) is 22.6 Å². The molecule has 0 radical (unpaired) electrons. The largest absolute Gasteiger partial charge is 0.349 e. The molecule has 142 valence electrons. The molecule has 1 fully saturated rings. The average Bonchev–Trinajstić information content (AvgIpc) is 2.71. The van der Waals surface area contributed by atoms with E-state index in [0.717, 1.165) is 11.1 Å². The number of aryl methyl sites for hydroxylation is 1. The number of halogens is 1. The van der Waals surface area contributed by atoms with Crippen molar-refractivity contribution in [1.29, 1.82) is 0 Å². The summed E-state index contributed by atoms with van der Waals surface area (Å²) in [7, 11) is 0. The van der Waals surface area contributed by atoms with Gasteiger partial charge in [0.05, 0.1) is 6.54 Å². The molecule has 0 saturated carbocycles. The number of hydrogen-bond acceptors (Lipinski definition) is 3. The summed E-state index contributed by atoms with van der Waals surface area (Å²) in [6, 6.07) is 13.3. The standard InChI is InChI=1S/C21H24FN3O2/c22-21(20(27)24-15-18-9-12-23-13-10-18)11-4-14-25(16-21)19(26)8-7-17-5-2-1-3-6-17/h1-3,5-6,9-10,12-13H,4,7-8,11,14-16H2,(H,24,27). The first kappa shape index (κ1) is 19.0. The van der Waals surface area contributed by atoms with Crippen molar-refractivity contribution in [2.75, 3.05) is 13.1 Å². The van der Waals surface area contributed by atoms with Gasteiger partial charge in [0.2, 0.25) is 11.6 Å². The van der Waals surface area contributed by atoms with Gasteiger partial charge < -0.3 is 10.2 Å². The maximum absolute atomic E-state index is 15.2. The van der Waals surface area contributed by atoms with Crippen LogP contribution < -0.4 is 5.32 Å². The summed E-state index contributed by atoms with van der Waals surface area (Å²) in [5.74, 6) is -0.762. The van der Waals surface area contributed by atoms with E-state index in [9.17, 15) is 9.59 Å². The Balaban J connectivity index is 1.53. The van der Waals surface area contributed by atoms with Crippen molar-refractivity contribution in [3.8, 4) is 0 Å². The van der Waals surface area contributed by atoms with E-state index in [1.54, 1.807) is 24.5 Å². The fraction of sp³-hybridized carbons (Fsp3) is 0.381. The van der Waals surface area contributed by atoms with Gasteiger partial charge in [-0.05, 0) is 42.5 Å². The van der Waals surface area contributed by atoms with Gasteiger partial charge in [0, 0.05) is 31.9 Å². The molecule has 1 aromatic heterocycles. The Hall–Kier alpha value is -2.76. The normalized spacial score (nSPS) is 19.5. The first-order valence-electron chi connectivity index (χ1n) is 9.25. The SMILES string of the molecule is O=C(CCc1ccccc1)N1CCCC(F)(C(=O)NCc2ccncc2)C1. The molecule has 27 heavy (non-hydrogen) atoms. The topological polar surface area (TPSA) is 62.3 Å². The van der Waals surface area contributed by atoms with Crippen molar-refractivity contribution < 1.29 is 14.0 Å². The summed E-state index contributed by atoms with van der Waals surface area (Å²) in [4.78, 5) is 30.3. The van der Waals surface area contributed by atoms with Crippen molar-refractivity contribution in [2.24, 2.45) is 0 Å². The molecule has 0 spiro atoms. The molecule has 2 aromatic rings. The lowest BCUT2D eigenvalue weighted by Crippen LogP contribution is -2.55. The molecular weight excluding hydrogens is 345 g/mol. The number of nitrogens with zero attached hydrogens (tertiary/aromatic N) is 2. The first-order chi connectivity index (χ1) is 13.1. The molecule has 2 amide bonds. The molecule has 0 aliphatic carbocycles. The van der Waals surface area contributed by atoms with E-state index < -0.39 is 11.6 Å². The molecule has 1 saturated heterocycles. The highest BCUT2D eigenvalue weighted by molar-refractivity contribution is 5.86. The molecular formula is C21H24FN3O2. The molecule has 6 heteroatoms. The first-order valence-corrected chi connectivity index (χ1v) is 9.25. The van der Waals surface area contributed by atoms with Crippen molar-refractivity contribution in [3.05, 3.63) is 66.0 Å². The molecule has 1 atom stereocenters. The third-order valence-corrected chi connectivity index (χ3v) is 4.87. The van der Waals surface area contributed by atoms with Crippen LogP contribution in [0.1, 0.15) is 30.4 Å². The summed E-state index contributed by atoms with van der Waals surface area (Å²) in [6.45, 7) is 0.564. The van der Waals surface area contributed by atoms with Crippen molar-refractivity contribution >= 4 is 11.8 Å². The summed E-state index contributed by atoms with van der Waals surface area (Å²) in [6.07, 6.45) is 4.80. The number of nitrogens with one attached hydrogen (secondary N) is 1. The summed E-state index contributed by atoms with van der Waals surface area (Å²) in [5, 5.41) is 2.65. The second kappa shape index (κ2) is 8.75. The van der Waals surface area contributed by atoms with Crippen LogP contribution in [0.2, 0.25) is 0 Å². The number of amides is 2. The minimum Gasteiger partial charge on any atom is -0.349 e. The maximum atomic E-state index is 15.2. The summed E-state index contributed by atoms with van der Waals surface area (Å²) >= 11 is 0. The Morgan fingerprint density at radius 1 is 1.11 bits per heavy atom. The Kier molecular flexibility index (Phi) is 6.16. The molecule has 0 bridgehead atoms. The summed E-state index contributed by atoms with van der Waals surface area (Å²) < 4.78 is 15.2. The number of benzene rings is 1. The quantitative estimate of drug-likeness (QED) is 0.852. The zero-order chi connectivity index (χ0) is 19.1. The number of aromatic nitrogens is 1. The number of rotatable bonds is 6. The predicted molar refractivity (Wildman–Crippen MR) is 100 cm³/mol. The van der Waals surface area contributed by atoms with Crippen LogP contribution in [-0.4, -0.2) is 40.5 Å². The van der Waals surface area contributed by atoms with Gasteiger partial charge in [0.15, 0.2) is 0 Å². The lowest BCUT2D eigenvalue weighted by Gasteiger charge is -2.36. The van der Waals surface area contributed by atoms with Crippen LogP contribution in [0, 0.1) is 0 Å². The Bertz CT molecular complexity index is 770. The number of alkyl halides is 1. The van der Waals surface area contributed by atoms with Crippen molar-refractivity contribution in [2.45, 2.75) is 37.9 Å². The molecule has 1 aliphatic heterocycles. The number of likely N-dealkylation sites (tertiary alicyclic amines) is 1. The lowest BCUT2D eigenvalue weighted by atomic mass is 9.93. The molecule has 2 heterocycles.